The van der Waals surface area contributed by atoms with Crippen LogP contribution >= 0.6 is 0 Å². The average Bonchev–Trinajstić information content (AvgIpc) is 2.18. The number of sulfone groups is 1. The van der Waals surface area contributed by atoms with Crippen molar-refractivity contribution in [2.75, 3.05) is 5.75 Å². The summed E-state index contributed by atoms with van der Waals surface area (Å²) >= 11 is 0. The SMILES string of the molecule is O=S(=O)(CCC=C(F)F)c1ccccn1. The fourth-order valence-corrected chi connectivity index (χ4v) is 2.10. The molecule has 0 aliphatic carbocycles. The van der Waals surface area contributed by atoms with Gasteiger partial charge in [-0.3, -0.25) is 0 Å². The van der Waals surface area contributed by atoms with E-state index in [1.54, 1.807) is 6.07 Å². The molecule has 0 saturated heterocycles. The van der Waals surface area contributed by atoms with Crippen LogP contribution in [0.4, 0.5) is 8.78 Å². The molecule has 0 N–H and O–H groups in total. The fourth-order valence-electron chi connectivity index (χ4n) is 0.959. The second kappa shape index (κ2) is 4.97. The predicted octanol–water partition coefficient (Wildman–Crippen LogP) is 2.03. The van der Waals surface area contributed by atoms with Gasteiger partial charge in [0.25, 0.3) is 6.08 Å². The summed E-state index contributed by atoms with van der Waals surface area (Å²) in [5.41, 5.74) is 0. The molecule has 1 heterocycles. The molecule has 6 heteroatoms. The third-order valence-electron chi connectivity index (χ3n) is 1.64. The predicted molar refractivity (Wildman–Crippen MR) is 51.2 cm³/mol. The lowest BCUT2D eigenvalue weighted by Gasteiger charge is -2.00. The van der Waals surface area contributed by atoms with Gasteiger partial charge in [0.15, 0.2) is 14.9 Å². The highest BCUT2D eigenvalue weighted by Gasteiger charge is 2.14. The molecule has 82 valence electrons. The molecule has 0 unspecified atom stereocenters. The minimum absolute atomic E-state index is 0.0855. The Morgan fingerprint density at radius 1 is 1.40 bits per heavy atom. The lowest BCUT2D eigenvalue weighted by atomic mass is 10.5. The van der Waals surface area contributed by atoms with Gasteiger partial charge in [-0.05, 0) is 24.6 Å². The number of pyridine rings is 1. The zero-order chi connectivity index (χ0) is 11.3. The molecule has 1 aromatic rings. The van der Waals surface area contributed by atoms with E-state index in [0.717, 1.165) is 0 Å². The first kappa shape index (κ1) is 11.8. The van der Waals surface area contributed by atoms with E-state index in [1.165, 1.54) is 18.3 Å². The molecule has 0 saturated carbocycles. The quantitative estimate of drug-likeness (QED) is 0.799. The van der Waals surface area contributed by atoms with E-state index in [4.69, 9.17) is 0 Å². The maximum Gasteiger partial charge on any atom is 0.266 e. The smallest absolute Gasteiger partial charge is 0.245 e. The van der Waals surface area contributed by atoms with Crippen LogP contribution in [0.2, 0.25) is 0 Å². The van der Waals surface area contributed by atoms with Gasteiger partial charge >= 0.3 is 0 Å². The van der Waals surface area contributed by atoms with Crippen molar-refractivity contribution in [1.29, 1.82) is 0 Å². The molecule has 0 fully saturated rings. The highest BCUT2D eigenvalue weighted by atomic mass is 32.2. The van der Waals surface area contributed by atoms with Gasteiger partial charge in [0.2, 0.25) is 0 Å². The standard InChI is InChI=1S/C9H9F2NO2S/c10-8(11)4-3-7-15(13,14)9-5-1-2-6-12-9/h1-2,4-6H,3,7H2. The van der Waals surface area contributed by atoms with Crippen molar-refractivity contribution >= 4 is 9.84 Å². The molecule has 0 spiro atoms. The number of allylic oxidation sites excluding steroid dienone is 1. The Labute approximate surface area is 86.4 Å². The molecule has 1 rings (SSSR count). The van der Waals surface area contributed by atoms with Crippen molar-refractivity contribution in [3.63, 3.8) is 0 Å². The molecule has 0 radical (unpaired) electrons. The Morgan fingerprint density at radius 2 is 2.13 bits per heavy atom. The number of nitrogens with zero attached hydrogens (tertiary/aromatic N) is 1. The molecule has 0 amide bonds. The van der Waals surface area contributed by atoms with Crippen LogP contribution in [0.5, 0.6) is 0 Å². The largest absolute Gasteiger partial charge is 0.266 e. The highest BCUT2D eigenvalue weighted by molar-refractivity contribution is 7.91. The van der Waals surface area contributed by atoms with Crippen LogP contribution in [-0.4, -0.2) is 19.2 Å². The topological polar surface area (TPSA) is 47.0 Å². The molecular weight excluding hydrogens is 224 g/mol. The zero-order valence-electron chi connectivity index (χ0n) is 7.73. The first-order valence-electron chi connectivity index (χ1n) is 4.17. The van der Waals surface area contributed by atoms with E-state index in [9.17, 15) is 17.2 Å². The minimum atomic E-state index is -3.54. The highest BCUT2D eigenvalue weighted by Crippen LogP contribution is 2.09. The van der Waals surface area contributed by atoms with Crippen molar-refractivity contribution in [3.05, 3.63) is 36.6 Å². The van der Waals surface area contributed by atoms with E-state index in [1.807, 2.05) is 0 Å². The fraction of sp³-hybridized carbons (Fsp3) is 0.222. The van der Waals surface area contributed by atoms with Gasteiger partial charge in [0.1, 0.15) is 0 Å². The monoisotopic (exact) mass is 233 g/mol. The summed E-state index contributed by atoms with van der Waals surface area (Å²) in [5.74, 6) is -0.360. The number of rotatable bonds is 4. The van der Waals surface area contributed by atoms with Crippen molar-refractivity contribution in [2.24, 2.45) is 0 Å². The molecule has 15 heavy (non-hydrogen) atoms. The van der Waals surface area contributed by atoms with Crippen LogP contribution in [0.25, 0.3) is 0 Å². The van der Waals surface area contributed by atoms with Crippen molar-refractivity contribution < 1.29 is 17.2 Å². The van der Waals surface area contributed by atoms with E-state index < -0.39 is 15.9 Å². The number of aromatic nitrogens is 1. The van der Waals surface area contributed by atoms with Crippen LogP contribution in [0.3, 0.4) is 0 Å². The average molecular weight is 233 g/mol. The first-order valence-corrected chi connectivity index (χ1v) is 5.82. The molecule has 0 aliphatic rings. The summed E-state index contributed by atoms with van der Waals surface area (Å²) in [5, 5.41) is -0.0855. The molecule has 0 bridgehead atoms. The summed E-state index contributed by atoms with van der Waals surface area (Å²) in [6.07, 6.45) is -0.147. The summed E-state index contributed by atoms with van der Waals surface area (Å²) < 4.78 is 46.3. The lowest BCUT2D eigenvalue weighted by molar-refractivity contribution is 0.418. The van der Waals surface area contributed by atoms with Gasteiger partial charge in [-0.25, -0.2) is 13.4 Å². The Balaban J connectivity index is 2.73. The van der Waals surface area contributed by atoms with Gasteiger partial charge < -0.3 is 0 Å². The third kappa shape index (κ3) is 3.75. The molecule has 1 aromatic heterocycles. The molecule has 3 nitrogen and oxygen atoms in total. The normalized spacial score (nSPS) is 11.1. The summed E-state index contributed by atoms with van der Waals surface area (Å²) in [6, 6.07) is 4.45. The number of hydrogen-bond acceptors (Lipinski definition) is 3. The Kier molecular flexibility index (Phi) is 3.90. The van der Waals surface area contributed by atoms with Crippen molar-refractivity contribution in [1.82, 2.24) is 4.98 Å². The minimum Gasteiger partial charge on any atom is -0.245 e. The Morgan fingerprint density at radius 3 is 2.67 bits per heavy atom. The van der Waals surface area contributed by atoms with Crippen molar-refractivity contribution in [3.8, 4) is 0 Å². The summed E-state index contributed by atoms with van der Waals surface area (Å²) in [4.78, 5) is 3.65. The molecule has 0 aromatic carbocycles. The van der Waals surface area contributed by atoms with Crippen LogP contribution in [0, 0.1) is 0 Å². The second-order valence-electron chi connectivity index (χ2n) is 2.77. The number of halogens is 2. The van der Waals surface area contributed by atoms with Crippen LogP contribution < -0.4 is 0 Å². The van der Waals surface area contributed by atoms with Gasteiger partial charge in [0.05, 0.1) is 5.75 Å². The Hall–Kier alpha value is -1.30. The second-order valence-corrected chi connectivity index (χ2v) is 4.83. The summed E-state index contributed by atoms with van der Waals surface area (Å²) in [6.45, 7) is 0. The van der Waals surface area contributed by atoms with Gasteiger partial charge in [-0.1, -0.05) is 6.07 Å². The molecular formula is C9H9F2NO2S. The van der Waals surface area contributed by atoms with E-state index in [-0.39, 0.29) is 17.2 Å². The molecule has 0 aliphatic heterocycles. The molecule has 0 atom stereocenters. The van der Waals surface area contributed by atoms with Gasteiger partial charge in [-0.2, -0.15) is 8.78 Å². The zero-order valence-corrected chi connectivity index (χ0v) is 8.55. The van der Waals surface area contributed by atoms with Gasteiger partial charge in [-0.15, -0.1) is 0 Å². The van der Waals surface area contributed by atoms with E-state index in [2.05, 4.69) is 4.98 Å². The maximum absolute atomic E-state index is 11.7. The van der Waals surface area contributed by atoms with E-state index in [0.29, 0.717) is 6.08 Å². The third-order valence-corrected chi connectivity index (χ3v) is 3.29. The number of hydrogen-bond donors (Lipinski definition) is 0. The van der Waals surface area contributed by atoms with Crippen LogP contribution in [-0.2, 0) is 9.84 Å². The lowest BCUT2D eigenvalue weighted by Crippen LogP contribution is -2.07. The van der Waals surface area contributed by atoms with Crippen LogP contribution in [0.1, 0.15) is 6.42 Å². The first-order chi connectivity index (χ1) is 7.02. The van der Waals surface area contributed by atoms with Crippen LogP contribution in [0.15, 0.2) is 41.6 Å². The van der Waals surface area contributed by atoms with Gasteiger partial charge in [0, 0.05) is 6.20 Å². The Bertz CT molecular complexity index is 438. The maximum atomic E-state index is 11.7. The van der Waals surface area contributed by atoms with E-state index >= 15 is 0 Å². The van der Waals surface area contributed by atoms with Crippen molar-refractivity contribution in [2.45, 2.75) is 11.4 Å². The summed E-state index contributed by atoms with van der Waals surface area (Å²) in [7, 11) is -3.54.